The number of carbonyl (C=O) groups is 1. The second kappa shape index (κ2) is 11.1. The number of hydrogen-bond donors (Lipinski definition) is 1. The van der Waals surface area contributed by atoms with Gasteiger partial charge in [-0.25, -0.2) is 4.98 Å². The van der Waals surface area contributed by atoms with Gasteiger partial charge in [0.1, 0.15) is 5.75 Å². The molecule has 1 aliphatic heterocycles. The number of amides is 1. The van der Waals surface area contributed by atoms with Gasteiger partial charge in [0, 0.05) is 30.9 Å². The first-order valence-corrected chi connectivity index (χ1v) is 11.4. The Morgan fingerprint density at radius 3 is 2.65 bits per heavy atom. The molecule has 0 aliphatic carbocycles. The summed E-state index contributed by atoms with van der Waals surface area (Å²) in [7, 11) is 1.68. The molecular formula is C25H32F3N3O3. The number of hydrogen-bond acceptors (Lipinski definition) is 5. The van der Waals surface area contributed by atoms with Crippen LogP contribution in [0, 0.1) is 13.8 Å². The fourth-order valence-electron chi connectivity index (χ4n) is 4.56. The van der Waals surface area contributed by atoms with Crippen molar-refractivity contribution in [3.05, 3.63) is 52.7 Å². The summed E-state index contributed by atoms with van der Waals surface area (Å²) in [6, 6.07) is 7.44. The topological polar surface area (TPSA) is 63.7 Å². The normalized spacial score (nSPS) is 17.4. The van der Waals surface area contributed by atoms with Gasteiger partial charge in [0.05, 0.1) is 12.7 Å². The monoisotopic (exact) mass is 479 g/mol. The van der Waals surface area contributed by atoms with Gasteiger partial charge in [0.25, 0.3) is 5.91 Å². The fourth-order valence-corrected chi connectivity index (χ4v) is 4.56. The Morgan fingerprint density at radius 2 is 2.00 bits per heavy atom. The second-order valence-corrected chi connectivity index (χ2v) is 8.65. The van der Waals surface area contributed by atoms with Crippen LogP contribution in [0.1, 0.15) is 59.3 Å². The summed E-state index contributed by atoms with van der Waals surface area (Å²) < 4.78 is 46.7. The number of methoxy groups -OCH3 is 1. The zero-order valence-corrected chi connectivity index (χ0v) is 20.0. The highest BCUT2D eigenvalue weighted by molar-refractivity contribution is 5.93. The van der Waals surface area contributed by atoms with Gasteiger partial charge in [-0.2, -0.15) is 13.2 Å². The van der Waals surface area contributed by atoms with E-state index in [4.69, 9.17) is 4.74 Å². The Labute approximate surface area is 198 Å². The van der Waals surface area contributed by atoms with Gasteiger partial charge in [-0.1, -0.05) is 6.07 Å². The van der Waals surface area contributed by atoms with Crippen molar-refractivity contribution in [2.24, 2.45) is 0 Å². The molecule has 1 amide bonds. The van der Waals surface area contributed by atoms with E-state index in [-0.39, 0.29) is 23.4 Å². The van der Waals surface area contributed by atoms with Gasteiger partial charge in [-0.3, -0.25) is 9.69 Å². The fraction of sp³-hybridized carbons (Fsp3) is 0.520. The summed E-state index contributed by atoms with van der Waals surface area (Å²) in [5.41, 5.74) is 3.95. The highest BCUT2D eigenvalue weighted by Crippen LogP contribution is 2.35. The van der Waals surface area contributed by atoms with Gasteiger partial charge in [-0.15, -0.1) is 0 Å². The van der Waals surface area contributed by atoms with Crippen LogP contribution in [0.15, 0.2) is 30.5 Å². The SMILES string of the molecule is COc1ccc(C(C)N2CCCC2CCNC(=O)c2ccc(OCC(F)(F)F)nc2)c(C)c1C. The number of nitrogens with zero attached hydrogens (tertiary/aromatic N) is 2. The number of nitrogens with one attached hydrogen (secondary N) is 1. The highest BCUT2D eigenvalue weighted by Gasteiger charge is 2.30. The van der Waals surface area contributed by atoms with Crippen molar-refractivity contribution in [3.8, 4) is 11.6 Å². The molecule has 2 heterocycles. The number of alkyl halides is 3. The number of benzene rings is 1. The first-order valence-electron chi connectivity index (χ1n) is 11.4. The Hall–Kier alpha value is -2.81. The van der Waals surface area contributed by atoms with Crippen LogP contribution in [0.3, 0.4) is 0 Å². The summed E-state index contributed by atoms with van der Waals surface area (Å²) in [6.07, 6.45) is -0.222. The summed E-state index contributed by atoms with van der Waals surface area (Å²) >= 11 is 0. The molecule has 3 rings (SSSR count). The Kier molecular flexibility index (Phi) is 8.41. The van der Waals surface area contributed by atoms with Crippen molar-refractivity contribution in [1.82, 2.24) is 15.2 Å². The van der Waals surface area contributed by atoms with Gasteiger partial charge in [0.2, 0.25) is 5.88 Å². The summed E-state index contributed by atoms with van der Waals surface area (Å²) in [6.45, 7) is 6.51. The van der Waals surface area contributed by atoms with Crippen molar-refractivity contribution >= 4 is 5.91 Å². The predicted molar refractivity (Wildman–Crippen MR) is 123 cm³/mol. The van der Waals surface area contributed by atoms with Crippen LogP contribution in [0.25, 0.3) is 0 Å². The molecule has 0 bridgehead atoms. The summed E-state index contributed by atoms with van der Waals surface area (Å²) in [5.74, 6) is 0.409. The van der Waals surface area contributed by atoms with Gasteiger partial charge < -0.3 is 14.8 Å². The molecule has 1 N–H and O–H groups in total. The lowest BCUT2D eigenvalue weighted by molar-refractivity contribution is -0.154. The molecule has 1 fully saturated rings. The molecule has 6 nitrogen and oxygen atoms in total. The van der Waals surface area contributed by atoms with Gasteiger partial charge in [0.15, 0.2) is 6.61 Å². The maximum atomic E-state index is 12.4. The lowest BCUT2D eigenvalue weighted by Crippen LogP contribution is -2.36. The van der Waals surface area contributed by atoms with Crippen molar-refractivity contribution in [1.29, 1.82) is 0 Å². The number of pyridine rings is 1. The van der Waals surface area contributed by atoms with Gasteiger partial charge in [-0.05, 0) is 75.4 Å². The Morgan fingerprint density at radius 1 is 1.24 bits per heavy atom. The van der Waals surface area contributed by atoms with Gasteiger partial charge >= 0.3 is 6.18 Å². The highest BCUT2D eigenvalue weighted by atomic mass is 19.4. The molecule has 0 spiro atoms. The Balaban J connectivity index is 1.53. The molecule has 1 aromatic heterocycles. The van der Waals surface area contributed by atoms with E-state index in [9.17, 15) is 18.0 Å². The number of rotatable bonds is 9. The largest absolute Gasteiger partial charge is 0.496 e. The lowest BCUT2D eigenvalue weighted by atomic mass is 9.96. The third-order valence-electron chi connectivity index (χ3n) is 6.51. The standard InChI is InChI=1S/C25H32F3N3O3/c1-16-17(2)22(33-4)9-8-21(16)18(3)31-13-5-6-20(31)11-12-29-24(32)19-7-10-23(30-14-19)34-15-25(26,27)28/h7-10,14,18,20H,5-6,11-13,15H2,1-4H3,(H,29,32). The molecular weight excluding hydrogens is 447 g/mol. The van der Waals surface area contributed by atoms with E-state index in [0.29, 0.717) is 12.6 Å². The second-order valence-electron chi connectivity index (χ2n) is 8.65. The third-order valence-corrected chi connectivity index (χ3v) is 6.51. The first kappa shape index (κ1) is 25.8. The first-order chi connectivity index (χ1) is 16.1. The quantitative estimate of drug-likeness (QED) is 0.549. The molecule has 2 aromatic rings. The summed E-state index contributed by atoms with van der Waals surface area (Å²) in [4.78, 5) is 18.7. The summed E-state index contributed by atoms with van der Waals surface area (Å²) in [5, 5.41) is 2.89. The van der Waals surface area contributed by atoms with Crippen LogP contribution < -0.4 is 14.8 Å². The van der Waals surface area contributed by atoms with Crippen molar-refractivity contribution in [2.45, 2.75) is 58.3 Å². The maximum absolute atomic E-state index is 12.4. The minimum absolute atomic E-state index is 0.173. The van der Waals surface area contributed by atoms with E-state index in [1.807, 2.05) is 6.07 Å². The van der Waals surface area contributed by atoms with E-state index in [0.717, 1.165) is 37.1 Å². The van der Waals surface area contributed by atoms with E-state index >= 15 is 0 Å². The van der Waals surface area contributed by atoms with E-state index in [2.05, 4.69) is 46.8 Å². The van der Waals surface area contributed by atoms with Crippen LogP contribution >= 0.6 is 0 Å². The molecule has 0 radical (unpaired) electrons. The lowest BCUT2D eigenvalue weighted by Gasteiger charge is -2.32. The minimum atomic E-state index is -4.44. The number of ether oxygens (including phenoxy) is 2. The number of halogens is 3. The number of carbonyl (C=O) groups excluding carboxylic acids is 1. The average molecular weight is 480 g/mol. The van der Waals surface area contributed by atoms with Crippen molar-refractivity contribution in [2.75, 3.05) is 26.8 Å². The van der Waals surface area contributed by atoms with Crippen LogP contribution in [-0.4, -0.2) is 54.8 Å². The molecule has 2 unspecified atom stereocenters. The molecule has 1 aliphatic rings. The zero-order chi connectivity index (χ0) is 24.9. The zero-order valence-electron chi connectivity index (χ0n) is 20.0. The van der Waals surface area contributed by atoms with Crippen LogP contribution in [-0.2, 0) is 0 Å². The minimum Gasteiger partial charge on any atom is -0.496 e. The Bertz CT molecular complexity index is 980. The smallest absolute Gasteiger partial charge is 0.422 e. The molecule has 2 atom stereocenters. The molecule has 1 saturated heterocycles. The third kappa shape index (κ3) is 6.40. The predicted octanol–water partition coefficient (Wildman–Crippen LogP) is 4.99. The van der Waals surface area contributed by atoms with Crippen LogP contribution in [0.2, 0.25) is 0 Å². The number of likely N-dealkylation sites (tertiary alicyclic amines) is 1. The molecule has 186 valence electrons. The van der Waals surface area contributed by atoms with E-state index < -0.39 is 12.8 Å². The molecule has 9 heteroatoms. The van der Waals surface area contributed by atoms with E-state index in [1.165, 1.54) is 29.5 Å². The van der Waals surface area contributed by atoms with Crippen molar-refractivity contribution in [3.63, 3.8) is 0 Å². The van der Waals surface area contributed by atoms with Crippen molar-refractivity contribution < 1.29 is 27.4 Å². The maximum Gasteiger partial charge on any atom is 0.422 e. The van der Waals surface area contributed by atoms with E-state index in [1.54, 1.807) is 7.11 Å². The number of aromatic nitrogens is 1. The average Bonchev–Trinajstić information content (AvgIpc) is 3.27. The van der Waals surface area contributed by atoms with Crippen LogP contribution in [0.4, 0.5) is 13.2 Å². The van der Waals surface area contributed by atoms with Crippen LogP contribution in [0.5, 0.6) is 11.6 Å². The molecule has 0 saturated carbocycles. The molecule has 34 heavy (non-hydrogen) atoms. The molecule has 1 aromatic carbocycles.